The second-order valence-electron chi connectivity index (χ2n) is 8.13. The zero-order chi connectivity index (χ0) is 16.9. The molecule has 0 heterocycles. The number of rotatable bonds is 4. The number of hydrogen-bond donors (Lipinski definition) is 1. The number of benzene rings is 1. The highest BCUT2D eigenvalue weighted by Crippen LogP contribution is 2.26. The van der Waals surface area contributed by atoms with Crippen LogP contribution in [0.15, 0.2) is 24.3 Å². The summed E-state index contributed by atoms with van der Waals surface area (Å²) >= 11 is 0. The van der Waals surface area contributed by atoms with Gasteiger partial charge in [0.15, 0.2) is 0 Å². The van der Waals surface area contributed by atoms with Crippen molar-refractivity contribution < 1.29 is 4.79 Å². The minimum Gasteiger partial charge on any atom is -0.334 e. The number of aryl methyl sites for hydroxylation is 1. The predicted molar refractivity (Wildman–Crippen MR) is 96.4 cm³/mol. The van der Waals surface area contributed by atoms with Gasteiger partial charge in [-0.3, -0.25) is 0 Å². The molecule has 0 radical (unpaired) electrons. The van der Waals surface area contributed by atoms with E-state index in [1.165, 1.54) is 24.8 Å². The van der Waals surface area contributed by atoms with Gasteiger partial charge >= 0.3 is 6.03 Å². The van der Waals surface area contributed by atoms with E-state index in [-0.39, 0.29) is 11.4 Å². The van der Waals surface area contributed by atoms with E-state index < -0.39 is 0 Å². The topological polar surface area (TPSA) is 32.3 Å². The maximum Gasteiger partial charge on any atom is 0.317 e. The van der Waals surface area contributed by atoms with Crippen LogP contribution >= 0.6 is 0 Å². The number of amides is 2. The highest BCUT2D eigenvalue weighted by molar-refractivity contribution is 5.74. The Kier molecular flexibility index (Phi) is 6.09. The monoisotopic (exact) mass is 316 g/mol. The standard InChI is InChI=1S/C20H32N2O/c1-16-9-8-10-17(13-16)14-21-19(23)22(15-20(2,3)4)18-11-6-5-7-12-18/h8-10,13,18H,5-7,11-12,14-15H2,1-4H3,(H,21,23). The molecule has 0 atom stereocenters. The molecule has 0 bridgehead atoms. The van der Waals surface area contributed by atoms with E-state index in [1.807, 2.05) is 6.07 Å². The molecule has 1 N–H and O–H groups in total. The lowest BCUT2D eigenvalue weighted by Gasteiger charge is -2.38. The third-order valence-electron chi connectivity index (χ3n) is 4.45. The highest BCUT2D eigenvalue weighted by atomic mass is 16.2. The first-order valence-corrected chi connectivity index (χ1v) is 8.95. The first-order chi connectivity index (χ1) is 10.8. The van der Waals surface area contributed by atoms with E-state index in [1.54, 1.807) is 0 Å². The summed E-state index contributed by atoms with van der Waals surface area (Å²) in [5, 5.41) is 3.13. The van der Waals surface area contributed by atoms with Gasteiger partial charge in [-0.2, -0.15) is 0 Å². The molecule has 3 heteroatoms. The Morgan fingerprint density at radius 3 is 2.52 bits per heavy atom. The smallest absolute Gasteiger partial charge is 0.317 e. The van der Waals surface area contributed by atoms with Gasteiger partial charge in [0.1, 0.15) is 0 Å². The maximum atomic E-state index is 12.8. The lowest BCUT2D eigenvalue weighted by Crippen LogP contribution is -2.49. The van der Waals surface area contributed by atoms with Gasteiger partial charge in [-0.25, -0.2) is 4.79 Å². The summed E-state index contributed by atoms with van der Waals surface area (Å²) in [6.07, 6.45) is 6.10. The zero-order valence-electron chi connectivity index (χ0n) is 15.2. The Labute approximate surface area is 141 Å². The summed E-state index contributed by atoms with van der Waals surface area (Å²) < 4.78 is 0. The van der Waals surface area contributed by atoms with Crippen LogP contribution < -0.4 is 5.32 Å². The summed E-state index contributed by atoms with van der Waals surface area (Å²) in [7, 11) is 0. The number of nitrogens with one attached hydrogen (secondary N) is 1. The molecule has 0 spiro atoms. The molecule has 1 aliphatic rings. The minimum absolute atomic E-state index is 0.0910. The summed E-state index contributed by atoms with van der Waals surface area (Å²) in [6.45, 7) is 10.1. The average Bonchev–Trinajstić information content (AvgIpc) is 2.50. The Morgan fingerprint density at radius 2 is 1.91 bits per heavy atom. The Morgan fingerprint density at radius 1 is 1.22 bits per heavy atom. The van der Waals surface area contributed by atoms with Crippen molar-refractivity contribution in [2.24, 2.45) is 5.41 Å². The molecule has 0 aromatic heterocycles. The highest BCUT2D eigenvalue weighted by Gasteiger charge is 2.28. The fraction of sp³-hybridized carbons (Fsp3) is 0.650. The molecule has 3 nitrogen and oxygen atoms in total. The quantitative estimate of drug-likeness (QED) is 0.843. The van der Waals surface area contributed by atoms with Gasteiger partial charge in [-0.05, 0) is 30.7 Å². The van der Waals surface area contributed by atoms with E-state index in [2.05, 4.69) is 56.1 Å². The fourth-order valence-corrected chi connectivity index (χ4v) is 3.37. The van der Waals surface area contributed by atoms with Crippen molar-refractivity contribution in [2.75, 3.05) is 6.54 Å². The molecule has 1 aliphatic carbocycles. The van der Waals surface area contributed by atoms with Crippen LogP contribution in [-0.4, -0.2) is 23.5 Å². The number of urea groups is 1. The molecule has 1 fully saturated rings. The first kappa shape index (κ1) is 17.8. The van der Waals surface area contributed by atoms with E-state index in [4.69, 9.17) is 0 Å². The van der Waals surface area contributed by atoms with Gasteiger partial charge in [0, 0.05) is 19.1 Å². The van der Waals surface area contributed by atoms with Gasteiger partial charge in [0.05, 0.1) is 0 Å². The summed E-state index contributed by atoms with van der Waals surface area (Å²) in [5.41, 5.74) is 2.52. The molecule has 0 unspecified atom stereocenters. The Hall–Kier alpha value is -1.51. The summed E-state index contributed by atoms with van der Waals surface area (Å²) in [4.78, 5) is 14.9. The molecular weight excluding hydrogens is 284 g/mol. The van der Waals surface area contributed by atoms with E-state index in [0.717, 1.165) is 24.9 Å². The van der Waals surface area contributed by atoms with Crippen LogP contribution in [0, 0.1) is 12.3 Å². The second kappa shape index (κ2) is 7.85. The van der Waals surface area contributed by atoms with E-state index in [9.17, 15) is 4.79 Å². The molecule has 23 heavy (non-hydrogen) atoms. The SMILES string of the molecule is Cc1cccc(CNC(=O)N(CC(C)(C)C)C2CCCCC2)c1. The van der Waals surface area contributed by atoms with Crippen molar-refractivity contribution in [3.8, 4) is 0 Å². The third-order valence-corrected chi connectivity index (χ3v) is 4.45. The minimum atomic E-state index is 0.0910. The summed E-state index contributed by atoms with van der Waals surface area (Å²) in [6, 6.07) is 8.83. The maximum absolute atomic E-state index is 12.8. The molecule has 0 aliphatic heterocycles. The zero-order valence-corrected chi connectivity index (χ0v) is 15.2. The molecule has 128 valence electrons. The Bertz CT molecular complexity index is 513. The second-order valence-corrected chi connectivity index (χ2v) is 8.13. The molecule has 2 rings (SSSR count). The van der Waals surface area contributed by atoms with Crippen molar-refractivity contribution in [2.45, 2.75) is 72.4 Å². The molecular formula is C20H32N2O. The van der Waals surface area contributed by atoms with Gasteiger partial charge in [0.25, 0.3) is 0 Å². The Balaban J connectivity index is 2.00. The number of nitrogens with zero attached hydrogens (tertiary/aromatic N) is 1. The van der Waals surface area contributed by atoms with E-state index in [0.29, 0.717) is 12.6 Å². The molecule has 1 saturated carbocycles. The normalized spacial score (nSPS) is 16.2. The van der Waals surface area contributed by atoms with E-state index >= 15 is 0 Å². The number of carbonyl (C=O) groups excluding carboxylic acids is 1. The van der Waals surface area contributed by atoms with Crippen molar-refractivity contribution in [1.82, 2.24) is 10.2 Å². The van der Waals surface area contributed by atoms with Gasteiger partial charge in [-0.1, -0.05) is 69.9 Å². The molecule has 2 amide bonds. The number of hydrogen-bond acceptors (Lipinski definition) is 1. The molecule has 1 aromatic rings. The van der Waals surface area contributed by atoms with Crippen LogP contribution in [0.3, 0.4) is 0 Å². The van der Waals surface area contributed by atoms with Gasteiger partial charge in [-0.15, -0.1) is 0 Å². The van der Waals surface area contributed by atoms with Crippen LogP contribution in [0.4, 0.5) is 4.79 Å². The largest absolute Gasteiger partial charge is 0.334 e. The first-order valence-electron chi connectivity index (χ1n) is 8.95. The predicted octanol–water partition coefficient (Wildman–Crippen LogP) is 4.89. The summed E-state index contributed by atoms with van der Waals surface area (Å²) in [5.74, 6) is 0. The van der Waals surface area contributed by atoms with Crippen molar-refractivity contribution in [1.29, 1.82) is 0 Å². The molecule has 1 aromatic carbocycles. The number of carbonyl (C=O) groups is 1. The average molecular weight is 316 g/mol. The van der Waals surface area contributed by atoms with Crippen LogP contribution in [-0.2, 0) is 6.54 Å². The van der Waals surface area contributed by atoms with Crippen LogP contribution in [0.25, 0.3) is 0 Å². The molecule has 0 saturated heterocycles. The van der Waals surface area contributed by atoms with Crippen molar-refractivity contribution >= 4 is 6.03 Å². The van der Waals surface area contributed by atoms with Crippen molar-refractivity contribution in [3.63, 3.8) is 0 Å². The van der Waals surface area contributed by atoms with Crippen LogP contribution in [0.5, 0.6) is 0 Å². The van der Waals surface area contributed by atoms with Gasteiger partial charge < -0.3 is 10.2 Å². The van der Waals surface area contributed by atoms with Crippen LogP contribution in [0.2, 0.25) is 0 Å². The lowest BCUT2D eigenvalue weighted by atomic mass is 9.90. The third kappa shape index (κ3) is 5.89. The van der Waals surface area contributed by atoms with Crippen LogP contribution in [0.1, 0.15) is 64.0 Å². The lowest BCUT2D eigenvalue weighted by molar-refractivity contribution is 0.126. The van der Waals surface area contributed by atoms with Crippen molar-refractivity contribution in [3.05, 3.63) is 35.4 Å². The van der Waals surface area contributed by atoms with Gasteiger partial charge in [0.2, 0.25) is 0 Å². The fourth-order valence-electron chi connectivity index (χ4n) is 3.37.